The van der Waals surface area contributed by atoms with Gasteiger partial charge in [0.25, 0.3) is 5.91 Å². The molecule has 1 aromatic heterocycles. The summed E-state index contributed by atoms with van der Waals surface area (Å²) in [6.45, 7) is 1.89. The van der Waals surface area contributed by atoms with E-state index in [4.69, 9.17) is 16.2 Å². The first kappa shape index (κ1) is 17.6. The molecule has 4 N–H and O–H groups in total. The topological polar surface area (TPSA) is 108 Å². The normalized spacial score (nSPS) is 11.9. The molecule has 0 radical (unpaired) electrons. The molecule has 0 fully saturated rings. The Labute approximate surface area is 140 Å². The Morgan fingerprint density at radius 3 is 2.62 bits per heavy atom. The van der Waals surface area contributed by atoms with Gasteiger partial charge in [0, 0.05) is 37.1 Å². The smallest absolute Gasteiger partial charge is 0.250 e. The number of aromatic nitrogens is 1. The molecule has 0 aliphatic rings. The Bertz CT molecular complexity index is 745. The van der Waals surface area contributed by atoms with Crippen LogP contribution in [0.25, 0.3) is 11.1 Å². The van der Waals surface area contributed by atoms with E-state index in [0.717, 1.165) is 5.56 Å². The molecule has 6 nitrogen and oxygen atoms in total. The summed E-state index contributed by atoms with van der Waals surface area (Å²) in [5.41, 5.74) is 13.4. The lowest BCUT2D eigenvalue weighted by molar-refractivity contribution is 0.0879. The van der Waals surface area contributed by atoms with Crippen LogP contribution in [0.2, 0.25) is 0 Å². The first-order valence-corrected chi connectivity index (χ1v) is 7.64. The molecule has 1 unspecified atom stereocenters. The first-order valence-electron chi connectivity index (χ1n) is 7.64. The highest BCUT2D eigenvalue weighted by Crippen LogP contribution is 2.31. The van der Waals surface area contributed by atoms with Gasteiger partial charge in [0.1, 0.15) is 0 Å². The number of ketones is 1. The summed E-state index contributed by atoms with van der Waals surface area (Å²) in [6.07, 6.45) is 4.06. The average Bonchev–Trinajstić information content (AvgIpc) is 2.59. The molecule has 0 bridgehead atoms. The molecule has 126 valence electrons. The number of Topliss-reactive ketones (excluding diaryl/α,β-unsaturated/α-hetero) is 1. The molecule has 1 amide bonds. The van der Waals surface area contributed by atoms with Crippen LogP contribution in [-0.4, -0.2) is 29.9 Å². The molecule has 24 heavy (non-hydrogen) atoms. The number of methoxy groups -OCH3 is 1. The van der Waals surface area contributed by atoms with Gasteiger partial charge < -0.3 is 16.2 Å². The summed E-state index contributed by atoms with van der Waals surface area (Å²) < 4.78 is 5.18. The van der Waals surface area contributed by atoms with Gasteiger partial charge in [0.2, 0.25) is 0 Å². The second kappa shape index (κ2) is 7.70. The molecule has 0 aliphatic carbocycles. The predicted molar refractivity (Wildman–Crippen MR) is 92.6 cm³/mol. The van der Waals surface area contributed by atoms with E-state index in [9.17, 15) is 9.59 Å². The monoisotopic (exact) mass is 327 g/mol. The number of pyridine rings is 1. The van der Waals surface area contributed by atoms with Gasteiger partial charge in [-0.15, -0.1) is 0 Å². The van der Waals surface area contributed by atoms with Crippen molar-refractivity contribution in [1.29, 1.82) is 0 Å². The van der Waals surface area contributed by atoms with Crippen molar-refractivity contribution in [3.63, 3.8) is 0 Å². The number of ether oxygens (including phenoxy) is 1. The molecule has 2 rings (SSSR count). The molecule has 0 aliphatic heterocycles. The number of primary amides is 1. The van der Waals surface area contributed by atoms with Crippen molar-refractivity contribution >= 4 is 17.4 Å². The van der Waals surface area contributed by atoms with Crippen LogP contribution in [0.4, 0.5) is 5.69 Å². The van der Waals surface area contributed by atoms with E-state index in [-0.39, 0.29) is 29.6 Å². The van der Waals surface area contributed by atoms with Crippen molar-refractivity contribution in [3.05, 3.63) is 47.8 Å². The molecule has 1 heterocycles. The molecule has 6 heteroatoms. The highest BCUT2D eigenvalue weighted by Gasteiger charge is 2.21. The van der Waals surface area contributed by atoms with Crippen LogP contribution >= 0.6 is 0 Å². The average molecular weight is 327 g/mol. The fourth-order valence-electron chi connectivity index (χ4n) is 2.47. The molecular weight excluding hydrogens is 306 g/mol. The van der Waals surface area contributed by atoms with E-state index in [0.29, 0.717) is 17.5 Å². The number of hydrogen-bond donors (Lipinski definition) is 2. The molecule has 1 atom stereocenters. The number of benzene rings is 1. The molecule has 0 saturated carbocycles. The highest BCUT2D eigenvalue weighted by molar-refractivity contribution is 6.11. The third-order valence-corrected chi connectivity index (χ3v) is 3.94. The van der Waals surface area contributed by atoms with Crippen LogP contribution in [0.3, 0.4) is 0 Å². The van der Waals surface area contributed by atoms with E-state index >= 15 is 0 Å². The summed E-state index contributed by atoms with van der Waals surface area (Å²) in [5.74, 6) is -0.817. The maximum absolute atomic E-state index is 12.7. The quantitative estimate of drug-likeness (QED) is 0.599. The van der Waals surface area contributed by atoms with Crippen LogP contribution in [-0.2, 0) is 4.74 Å². The zero-order valence-electron chi connectivity index (χ0n) is 13.8. The predicted octanol–water partition coefficient (Wildman–Crippen LogP) is 2.43. The minimum absolute atomic E-state index is 0.0451. The van der Waals surface area contributed by atoms with Crippen molar-refractivity contribution in [2.75, 3.05) is 12.8 Å². The Balaban J connectivity index is 2.50. The van der Waals surface area contributed by atoms with Crippen molar-refractivity contribution < 1.29 is 14.3 Å². The lowest BCUT2D eigenvalue weighted by atomic mass is 9.91. The molecule has 1 aromatic carbocycles. The van der Waals surface area contributed by atoms with E-state index in [2.05, 4.69) is 4.98 Å². The maximum Gasteiger partial charge on any atom is 0.250 e. The van der Waals surface area contributed by atoms with E-state index in [1.54, 1.807) is 31.6 Å². The van der Waals surface area contributed by atoms with Crippen LogP contribution in [0, 0.1) is 0 Å². The lowest BCUT2D eigenvalue weighted by Crippen LogP contribution is -2.17. The van der Waals surface area contributed by atoms with E-state index in [1.807, 2.05) is 13.0 Å². The number of rotatable bonds is 7. The molecule has 2 aromatic rings. The summed E-state index contributed by atoms with van der Waals surface area (Å²) in [6, 6.07) is 6.82. The van der Waals surface area contributed by atoms with Crippen LogP contribution < -0.4 is 11.5 Å². The first-order chi connectivity index (χ1) is 11.5. The van der Waals surface area contributed by atoms with Crippen molar-refractivity contribution in [1.82, 2.24) is 4.98 Å². The second-order valence-electron chi connectivity index (χ2n) is 5.56. The van der Waals surface area contributed by atoms with Crippen LogP contribution in [0.5, 0.6) is 0 Å². The molecular formula is C18H21N3O3. The summed E-state index contributed by atoms with van der Waals surface area (Å²) >= 11 is 0. The number of carbonyl (C=O) groups excluding carboxylic acids is 2. The van der Waals surface area contributed by atoms with Gasteiger partial charge in [-0.2, -0.15) is 0 Å². The number of amides is 1. The molecule has 0 spiro atoms. The fraction of sp³-hybridized carbons (Fsp3) is 0.278. The zero-order chi connectivity index (χ0) is 17.7. The standard InChI is InChI=1S/C18H21N3O3/c1-11(24-2)5-8-15(22)16-13(12-4-3-9-21-10-12)6-7-14(17(16)19)18(20)23/h3-4,6-7,9-11H,5,8,19H2,1-2H3,(H2,20,23). The summed E-state index contributed by atoms with van der Waals surface area (Å²) in [4.78, 5) is 28.4. The van der Waals surface area contributed by atoms with Gasteiger partial charge in [-0.3, -0.25) is 14.6 Å². The van der Waals surface area contributed by atoms with Gasteiger partial charge in [-0.1, -0.05) is 12.1 Å². The van der Waals surface area contributed by atoms with Crippen molar-refractivity contribution in [2.45, 2.75) is 25.9 Å². The fourth-order valence-corrected chi connectivity index (χ4v) is 2.47. The van der Waals surface area contributed by atoms with Crippen molar-refractivity contribution in [3.8, 4) is 11.1 Å². The Morgan fingerprint density at radius 1 is 1.29 bits per heavy atom. The minimum atomic E-state index is -0.662. The Kier molecular flexibility index (Phi) is 5.65. The maximum atomic E-state index is 12.7. The minimum Gasteiger partial charge on any atom is -0.397 e. The Hall–Kier alpha value is -2.73. The Morgan fingerprint density at radius 2 is 2.04 bits per heavy atom. The highest BCUT2D eigenvalue weighted by atomic mass is 16.5. The van der Waals surface area contributed by atoms with Crippen LogP contribution in [0.1, 0.15) is 40.5 Å². The number of nitrogen functional groups attached to an aromatic ring is 1. The lowest BCUT2D eigenvalue weighted by Gasteiger charge is -2.15. The second-order valence-corrected chi connectivity index (χ2v) is 5.56. The number of carbonyl (C=O) groups is 2. The van der Waals surface area contributed by atoms with E-state index in [1.165, 1.54) is 6.07 Å². The number of nitrogens with two attached hydrogens (primary N) is 2. The third kappa shape index (κ3) is 3.78. The SMILES string of the molecule is COC(C)CCC(=O)c1c(-c2cccnc2)ccc(C(N)=O)c1N. The zero-order valence-corrected chi connectivity index (χ0v) is 13.8. The van der Waals surface area contributed by atoms with Gasteiger partial charge in [-0.05, 0) is 31.0 Å². The third-order valence-electron chi connectivity index (χ3n) is 3.94. The van der Waals surface area contributed by atoms with Gasteiger partial charge in [0.15, 0.2) is 5.78 Å². The molecule has 0 saturated heterocycles. The number of hydrogen-bond acceptors (Lipinski definition) is 5. The van der Waals surface area contributed by atoms with E-state index < -0.39 is 5.91 Å². The van der Waals surface area contributed by atoms with Crippen LogP contribution in [0.15, 0.2) is 36.7 Å². The van der Waals surface area contributed by atoms with Gasteiger partial charge in [0.05, 0.1) is 17.4 Å². The van der Waals surface area contributed by atoms with Gasteiger partial charge >= 0.3 is 0 Å². The van der Waals surface area contributed by atoms with Crippen molar-refractivity contribution in [2.24, 2.45) is 5.73 Å². The summed E-state index contributed by atoms with van der Waals surface area (Å²) in [7, 11) is 1.60. The van der Waals surface area contributed by atoms with Gasteiger partial charge in [-0.25, -0.2) is 0 Å². The summed E-state index contributed by atoms with van der Waals surface area (Å²) in [5, 5.41) is 0. The largest absolute Gasteiger partial charge is 0.397 e. The number of nitrogens with zero attached hydrogens (tertiary/aromatic N) is 1. The number of anilines is 1.